The molecule has 0 aliphatic heterocycles. The van der Waals surface area contributed by atoms with Crippen molar-refractivity contribution in [3.63, 3.8) is 0 Å². The second kappa shape index (κ2) is 6.40. The Morgan fingerprint density at radius 1 is 1.39 bits per heavy atom. The molecule has 0 saturated heterocycles. The molecular formula is C14H21NO3. The van der Waals surface area contributed by atoms with Crippen LogP contribution in [0.2, 0.25) is 0 Å². The number of aromatic hydroxyl groups is 1. The summed E-state index contributed by atoms with van der Waals surface area (Å²) in [6.07, 6.45) is 1.27. The monoisotopic (exact) mass is 251 g/mol. The van der Waals surface area contributed by atoms with E-state index in [0.717, 1.165) is 12.0 Å². The molecule has 0 aliphatic carbocycles. The zero-order valence-corrected chi connectivity index (χ0v) is 11.2. The van der Waals surface area contributed by atoms with E-state index in [4.69, 9.17) is 5.11 Å². The van der Waals surface area contributed by atoms with Crippen LogP contribution >= 0.6 is 0 Å². The topological polar surface area (TPSA) is 69.6 Å². The van der Waals surface area contributed by atoms with Crippen molar-refractivity contribution in [2.24, 2.45) is 0 Å². The van der Waals surface area contributed by atoms with Gasteiger partial charge in [0.2, 0.25) is 0 Å². The van der Waals surface area contributed by atoms with Gasteiger partial charge in [-0.3, -0.25) is 4.79 Å². The zero-order chi connectivity index (χ0) is 13.7. The molecule has 3 N–H and O–H groups in total. The highest BCUT2D eigenvalue weighted by Crippen LogP contribution is 2.23. The Hall–Kier alpha value is -1.55. The number of rotatable bonds is 5. The molecule has 0 radical (unpaired) electrons. The summed E-state index contributed by atoms with van der Waals surface area (Å²) in [5.74, 6) is -0.267. The fourth-order valence-electron chi connectivity index (χ4n) is 1.93. The molecule has 100 valence electrons. The third kappa shape index (κ3) is 3.47. The van der Waals surface area contributed by atoms with Crippen LogP contribution in [0.5, 0.6) is 5.75 Å². The van der Waals surface area contributed by atoms with Gasteiger partial charge in [-0.15, -0.1) is 0 Å². The van der Waals surface area contributed by atoms with Gasteiger partial charge in [0.05, 0.1) is 5.56 Å². The van der Waals surface area contributed by atoms with Crippen molar-refractivity contribution < 1.29 is 15.0 Å². The van der Waals surface area contributed by atoms with Crippen LogP contribution in [-0.2, 0) is 0 Å². The highest BCUT2D eigenvalue weighted by Gasteiger charge is 2.16. The number of hydrogen-bond acceptors (Lipinski definition) is 3. The van der Waals surface area contributed by atoms with E-state index < -0.39 is 0 Å². The summed E-state index contributed by atoms with van der Waals surface area (Å²) < 4.78 is 0. The lowest BCUT2D eigenvalue weighted by Crippen LogP contribution is -2.35. The largest absolute Gasteiger partial charge is 0.507 e. The van der Waals surface area contributed by atoms with Crippen LogP contribution in [0, 0.1) is 13.8 Å². The number of phenolic OH excluding ortho intramolecular Hbond substituents is 1. The van der Waals surface area contributed by atoms with Gasteiger partial charge in [0.1, 0.15) is 5.75 Å². The van der Waals surface area contributed by atoms with Crippen LogP contribution in [0.25, 0.3) is 0 Å². The molecule has 1 atom stereocenters. The first-order valence-corrected chi connectivity index (χ1v) is 6.21. The molecule has 4 heteroatoms. The van der Waals surface area contributed by atoms with Crippen molar-refractivity contribution >= 4 is 5.91 Å². The van der Waals surface area contributed by atoms with E-state index in [1.807, 2.05) is 19.9 Å². The molecule has 0 fully saturated rings. The highest BCUT2D eigenvalue weighted by atomic mass is 16.3. The van der Waals surface area contributed by atoms with E-state index in [1.165, 1.54) is 0 Å². The summed E-state index contributed by atoms with van der Waals surface area (Å²) in [4.78, 5) is 12.1. The third-order valence-corrected chi connectivity index (χ3v) is 3.00. The van der Waals surface area contributed by atoms with Crippen molar-refractivity contribution in [1.29, 1.82) is 0 Å². The lowest BCUT2D eigenvalue weighted by molar-refractivity contribution is 0.0926. The quantitative estimate of drug-likeness (QED) is 0.748. The standard InChI is InChI=1S/C14H21NO3/c1-4-11(5-6-16)15-14(18)12-8-9(2)7-10(3)13(12)17/h7-8,11,16-17H,4-6H2,1-3H3,(H,15,18). The van der Waals surface area contributed by atoms with Crippen molar-refractivity contribution in [2.75, 3.05) is 6.61 Å². The van der Waals surface area contributed by atoms with E-state index in [9.17, 15) is 9.90 Å². The summed E-state index contributed by atoms with van der Waals surface area (Å²) in [5.41, 5.74) is 1.92. The number of carbonyl (C=O) groups is 1. The number of aliphatic hydroxyl groups is 1. The number of amides is 1. The maximum Gasteiger partial charge on any atom is 0.255 e. The normalized spacial score (nSPS) is 12.2. The number of hydrogen-bond donors (Lipinski definition) is 3. The third-order valence-electron chi connectivity index (χ3n) is 3.00. The van der Waals surface area contributed by atoms with Gasteiger partial charge >= 0.3 is 0 Å². The smallest absolute Gasteiger partial charge is 0.255 e. The fraction of sp³-hybridized carbons (Fsp3) is 0.500. The number of benzene rings is 1. The number of aliphatic hydroxyl groups excluding tert-OH is 1. The lowest BCUT2D eigenvalue weighted by atomic mass is 10.0. The molecule has 1 rings (SSSR count). The summed E-state index contributed by atoms with van der Waals surface area (Å²) in [5, 5.41) is 21.6. The van der Waals surface area contributed by atoms with Gasteiger partial charge in [0.15, 0.2) is 0 Å². The van der Waals surface area contributed by atoms with Gasteiger partial charge in [0, 0.05) is 12.6 Å². The molecule has 0 aliphatic rings. The summed E-state index contributed by atoms with van der Waals surface area (Å²) >= 11 is 0. The number of nitrogens with one attached hydrogen (secondary N) is 1. The summed E-state index contributed by atoms with van der Waals surface area (Å²) in [7, 11) is 0. The van der Waals surface area contributed by atoms with Gasteiger partial charge in [-0.05, 0) is 43.9 Å². The van der Waals surface area contributed by atoms with E-state index in [2.05, 4.69) is 5.32 Å². The molecule has 1 amide bonds. The predicted octanol–water partition coefficient (Wildman–Crippen LogP) is 1.90. The van der Waals surface area contributed by atoms with Crippen molar-refractivity contribution in [3.05, 3.63) is 28.8 Å². The highest BCUT2D eigenvalue weighted by molar-refractivity contribution is 5.97. The predicted molar refractivity (Wildman–Crippen MR) is 70.8 cm³/mol. The summed E-state index contributed by atoms with van der Waals surface area (Å²) in [6.45, 7) is 5.64. The van der Waals surface area contributed by atoms with Gasteiger partial charge in [0.25, 0.3) is 5.91 Å². The maximum absolute atomic E-state index is 12.1. The van der Waals surface area contributed by atoms with E-state index >= 15 is 0 Å². The SMILES string of the molecule is CCC(CCO)NC(=O)c1cc(C)cc(C)c1O. The molecule has 4 nitrogen and oxygen atoms in total. The first kappa shape index (κ1) is 14.5. The van der Waals surface area contributed by atoms with Gasteiger partial charge in [-0.25, -0.2) is 0 Å². The second-order valence-electron chi connectivity index (χ2n) is 4.57. The summed E-state index contributed by atoms with van der Waals surface area (Å²) in [6, 6.07) is 3.43. The molecule has 0 aromatic heterocycles. The van der Waals surface area contributed by atoms with Crippen LogP contribution in [0.4, 0.5) is 0 Å². The van der Waals surface area contributed by atoms with Crippen molar-refractivity contribution in [1.82, 2.24) is 5.32 Å². The van der Waals surface area contributed by atoms with Crippen molar-refractivity contribution in [3.8, 4) is 5.75 Å². The van der Waals surface area contributed by atoms with Crippen LogP contribution in [0.15, 0.2) is 12.1 Å². The van der Waals surface area contributed by atoms with E-state index in [0.29, 0.717) is 17.5 Å². The van der Waals surface area contributed by atoms with Crippen molar-refractivity contribution in [2.45, 2.75) is 39.7 Å². The Bertz CT molecular complexity index is 429. The van der Waals surface area contributed by atoms with Gasteiger partial charge < -0.3 is 15.5 Å². The van der Waals surface area contributed by atoms with Crippen LogP contribution in [0.3, 0.4) is 0 Å². The molecule has 0 bridgehead atoms. The average Bonchev–Trinajstić information content (AvgIpc) is 2.32. The molecule has 1 unspecified atom stereocenters. The average molecular weight is 251 g/mol. The molecule has 1 aromatic carbocycles. The Labute approximate surface area is 108 Å². The number of aryl methyl sites for hydroxylation is 2. The van der Waals surface area contributed by atoms with E-state index in [1.54, 1.807) is 13.0 Å². The molecule has 0 saturated carbocycles. The van der Waals surface area contributed by atoms with Crippen LogP contribution in [0.1, 0.15) is 41.3 Å². The Morgan fingerprint density at radius 3 is 2.61 bits per heavy atom. The number of phenols is 1. The lowest BCUT2D eigenvalue weighted by Gasteiger charge is -2.17. The zero-order valence-electron chi connectivity index (χ0n) is 11.2. The first-order valence-electron chi connectivity index (χ1n) is 6.21. The number of carbonyl (C=O) groups excluding carboxylic acids is 1. The fourth-order valence-corrected chi connectivity index (χ4v) is 1.93. The molecule has 0 spiro atoms. The molecule has 18 heavy (non-hydrogen) atoms. The Morgan fingerprint density at radius 2 is 2.06 bits per heavy atom. The first-order chi connectivity index (χ1) is 8.49. The van der Waals surface area contributed by atoms with E-state index in [-0.39, 0.29) is 24.3 Å². The van der Waals surface area contributed by atoms with Crippen LogP contribution < -0.4 is 5.32 Å². The van der Waals surface area contributed by atoms with Gasteiger partial charge in [-0.2, -0.15) is 0 Å². The molecular weight excluding hydrogens is 230 g/mol. The second-order valence-corrected chi connectivity index (χ2v) is 4.57. The molecule has 0 heterocycles. The Balaban J connectivity index is 2.90. The minimum atomic E-state index is -0.292. The maximum atomic E-state index is 12.1. The minimum Gasteiger partial charge on any atom is -0.507 e. The molecule has 1 aromatic rings. The Kier molecular flexibility index (Phi) is 5.16. The van der Waals surface area contributed by atoms with Gasteiger partial charge in [-0.1, -0.05) is 13.0 Å². The minimum absolute atomic E-state index is 0.0250. The van der Waals surface area contributed by atoms with Crippen LogP contribution in [-0.4, -0.2) is 28.8 Å².